The van der Waals surface area contributed by atoms with Crippen LogP contribution in [-0.2, 0) is 25.9 Å². The molecule has 2 heterocycles. The first-order chi connectivity index (χ1) is 13.7. The Balaban J connectivity index is 1.45. The summed E-state index contributed by atoms with van der Waals surface area (Å²) in [7, 11) is 0. The van der Waals surface area contributed by atoms with Crippen molar-refractivity contribution in [2.75, 3.05) is 13.2 Å². The molecule has 1 aliphatic heterocycles. The van der Waals surface area contributed by atoms with Crippen molar-refractivity contribution in [2.45, 2.75) is 44.8 Å². The highest BCUT2D eigenvalue weighted by atomic mass is 16.5. The number of carbonyl (C=O) groups is 1. The average molecular weight is 383 g/mol. The molecule has 2 aromatic rings. The highest BCUT2D eigenvalue weighted by Crippen LogP contribution is 2.31. The maximum Gasteiger partial charge on any atom is 0.356 e. The second kappa shape index (κ2) is 8.06. The minimum absolute atomic E-state index is 0.166. The number of fused-ring (bicyclic) bond motifs is 2. The van der Waals surface area contributed by atoms with Crippen LogP contribution in [0.1, 0.15) is 40.2 Å². The standard InChI is InChI=1S/C21H25N3O4/c1-2-8-24-17-6-5-15(12-16(17)20(23-24)21(25)26)22-13-14-4-7-18-19(11-14)28-10-3-9-27-18/h2,4,7,11,15,22H,1,3,5-6,8-10,12-13H2,(H,25,26). The third-order valence-corrected chi connectivity index (χ3v) is 5.26. The van der Waals surface area contributed by atoms with Crippen molar-refractivity contribution < 1.29 is 19.4 Å². The first-order valence-electron chi connectivity index (χ1n) is 9.70. The fourth-order valence-corrected chi connectivity index (χ4v) is 3.89. The van der Waals surface area contributed by atoms with Crippen LogP contribution in [-0.4, -0.2) is 40.1 Å². The van der Waals surface area contributed by atoms with Gasteiger partial charge in [0, 0.05) is 30.3 Å². The third kappa shape index (κ3) is 3.75. The minimum Gasteiger partial charge on any atom is -0.490 e. The van der Waals surface area contributed by atoms with E-state index in [4.69, 9.17) is 9.47 Å². The van der Waals surface area contributed by atoms with E-state index in [1.54, 1.807) is 10.8 Å². The van der Waals surface area contributed by atoms with Crippen LogP contribution in [0.15, 0.2) is 30.9 Å². The lowest BCUT2D eigenvalue weighted by Crippen LogP contribution is -2.34. The van der Waals surface area contributed by atoms with Gasteiger partial charge in [-0.1, -0.05) is 12.1 Å². The van der Waals surface area contributed by atoms with Crippen molar-refractivity contribution in [3.05, 3.63) is 53.4 Å². The summed E-state index contributed by atoms with van der Waals surface area (Å²) in [6, 6.07) is 6.23. The molecule has 4 rings (SSSR count). The van der Waals surface area contributed by atoms with Gasteiger partial charge in [-0.25, -0.2) is 4.79 Å². The zero-order chi connectivity index (χ0) is 19.5. The number of benzene rings is 1. The van der Waals surface area contributed by atoms with Crippen LogP contribution in [0.2, 0.25) is 0 Å². The highest BCUT2D eigenvalue weighted by Gasteiger charge is 2.28. The van der Waals surface area contributed by atoms with Gasteiger partial charge in [-0.15, -0.1) is 6.58 Å². The van der Waals surface area contributed by atoms with Gasteiger partial charge in [0.1, 0.15) is 0 Å². The van der Waals surface area contributed by atoms with Crippen molar-refractivity contribution in [3.63, 3.8) is 0 Å². The van der Waals surface area contributed by atoms with E-state index in [1.165, 1.54) is 0 Å². The number of carboxylic acids is 1. The number of ether oxygens (including phenoxy) is 2. The van der Waals surface area contributed by atoms with E-state index in [1.807, 2.05) is 18.2 Å². The van der Waals surface area contributed by atoms with E-state index in [-0.39, 0.29) is 11.7 Å². The topological polar surface area (TPSA) is 85.6 Å². The van der Waals surface area contributed by atoms with Crippen LogP contribution in [0.25, 0.3) is 0 Å². The number of allylic oxidation sites excluding steroid dienone is 1. The van der Waals surface area contributed by atoms with Gasteiger partial charge < -0.3 is 19.9 Å². The number of nitrogens with zero attached hydrogens (tertiary/aromatic N) is 2. The van der Waals surface area contributed by atoms with E-state index in [2.05, 4.69) is 17.0 Å². The highest BCUT2D eigenvalue weighted by molar-refractivity contribution is 5.87. The molecule has 0 bridgehead atoms. The molecule has 1 unspecified atom stereocenters. The predicted molar refractivity (Wildman–Crippen MR) is 104 cm³/mol. The molecule has 28 heavy (non-hydrogen) atoms. The molecule has 7 nitrogen and oxygen atoms in total. The Hall–Kier alpha value is -2.80. The van der Waals surface area contributed by atoms with Crippen LogP contribution < -0.4 is 14.8 Å². The zero-order valence-corrected chi connectivity index (χ0v) is 15.8. The normalized spacial score (nSPS) is 18.2. The lowest BCUT2D eigenvalue weighted by Gasteiger charge is -2.24. The molecule has 0 amide bonds. The Labute approximate surface area is 164 Å². The van der Waals surface area contributed by atoms with Crippen molar-refractivity contribution in [1.82, 2.24) is 15.1 Å². The van der Waals surface area contributed by atoms with Crippen LogP contribution in [0.4, 0.5) is 0 Å². The molecule has 0 fully saturated rings. The van der Waals surface area contributed by atoms with Crippen LogP contribution in [0, 0.1) is 0 Å². The van der Waals surface area contributed by atoms with E-state index in [0.29, 0.717) is 32.7 Å². The summed E-state index contributed by atoms with van der Waals surface area (Å²) in [4.78, 5) is 11.6. The van der Waals surface area contributed by atoms with Crippen LogP contribution in [0.3, 0.4) is 0 Å². The molecule has 1 aromatic heterocycles. The van der Waals surface area contributed by atoms with Crippen molar-refractivity contribution in [2.24, 2.45) is 0 Å². The molecule has 2 aliphatic rings. The summed E-state index contributed by atoms with van der Waals surface area (Å²) in [5, 5.41) is 17.3. The predicted octanol–water partition coefficient (Wildman–Crippen LogP) is 2.58. The Morgan fingerprint density at radius 1 is 1.36 bits per heavy atom. The molecule has 1 atom stereocenters. The van der Waals surface area contributed by atoms with Gasteiger partial charge in [0.25, 0.3) is 0 Å². The Kier molecular flexibility index (Phi) is 5.34. The summed E-state index contributed by atoms with van der Waals surface area (Å²) >= 11 is 0. The van der Waals surface area contributed by atoms with Gasteiger partial charge in [0.2, 0.25) is 0 Å². The number of carboxylic acid groups (broad SMARTS) is 1. The summed E-state index contributed by atoms with van der Waals surface area (Å²) in [5.74, 6) is 0.619. The molecular formula is C21H25N3O4. The summed E-state index contributed by atoms with van der Waals surface area (Å²) in [5.41, 5.74) is 3.15. The average Bonchev–Trinajstić information content (AvgIpc) is 2.89. The Morgan fingerprint density at radius 2 is 2.18 bits per heavy atom. The van der Waals surface area contributed by atoms with Gasteiger partial charge in [-0.2, -0.15) is 5.10 Å². The van der Waals surface area contributed by atoms with Gasteiger partial charge in [0.15, 0.2) is 17.2 Å². The number of hydrogen-bond donors (Lipinski definition) is 2. The molecular weight excluding hydrogens is 358 g/mol. The molecule has 0 radical (unpaired) electrons. The van der Waals surface area contributed by atoms with E-state index >= 15 is 0 Å². The zero-order valence-electron chi connectivity index (χ0n) is 15.8. The number of hydrogen-bond acceptors (Lipinski definition) is 5. The SMILES string of the molecule is C=CCn1nc(C(=O)O)c2c1CCC(NCc1ccc3c(c1)OCCCO3)C2. The maximum atomic E-state index is 11.6. The molecule has 0 spiro atoms. The second-order valence-corrected chi connectivity index (χ2v) is 7.20. The largest absolute Gasteiger partial charge is 0.490 e. The van der Waals surface area contributed by atoms with Crippen molar-refractivity contribution >= 4 is 5.97 Å². The number of aromatic nitrogens is 2. The molecule has 0 saturated carbocycles. The minimum atomic E-state index is -0.970. The monoisotopic (exact) mass is 383 g/mol. The first kappa shape index (κ1) is 18.6. The lowest BCUT2D eigenvalue weighted by atomic mass is 9.91. The van der Waals surface area contributed by atoms with Gasteiger partial charge in [-0.3, -0.25) is 4.68 Å². The molecule has 7 heteroatoms. The van der Waals surface area contributed by atoms with Gasteiger partial charge in [0.05, 0.1) is 19.8 Å². The fraction of sp³-hybridized carbons (Fsp3) is 0.429. The first-order valence-corrected chi connectivity index (χ1v) is 9.70. The molecule has 1 aromatic carbocycles. The third-order valence-electron chi connectivity index (χ3n) is 5.26. The van der Waals surface area contributed by atoms with E-state index < -0.39 is 5.97 Å². The lowest BCUT2D eigenvalue weighted by molar-refractivity contribution is 0.0688. The summed E-state index contributed by atoms with van der Waals surface area (Å²) in [6.45, 7) is 6.31. The Bertz CT molecular complexity index is 890. The molecule has 148 valence electrons. The van der Waals surface area contributed by atoms with E-state index in [9.17, 15) is 9.90 Å². The summed E-state index contributed by atoms with van der Waals surface area (Å²) < 4.78 is 13.2. The molecule has 1 aliphatic carbocycles. The number of nitrogens with one attached hydrogen (secondary N) is 1. The van der Waals surface area contributed by atoms with Crippen molar-refractivity contribution in [1.29, 1.82) is 0 Å². The Morgan fingerprint density at radius 3 is 2.96 bits per heavy atom. The molecule has 2 N–H and O–H groups in total. The smallest absolute Gasteiger partial charge is 0.356 e. The summed E-state index contributed by atoms with van der Waals surface area (Å²) in [6.07, 6.45) is 5.05. The quantitative estimate of drug-likeness (QED) is 0.746. The van der Waals surface area contributed by atoms with Crippen molar-refractivity contribution in [3.8, 4) is 11.5 Å². The maximum absolute atomic E-state index is 11.6. The molecule has 0 saturated heterocycles. The van der Waals surface area contributed by atoms with Crippen LogP contribution >= 0.6 is 0 Å². The van der Waals surface area contributed by atoms with Gasteiger partial charge >= 0.3 is 5.97 Å². The van der Waals surface area contributed by atoms with E-state index in [0.717, 1.165) is 47.6 Å². The van der Waals surface area contributed by atoms with Gasteiger partial charge in [-0.05, 0) is 37.0 Å². The number of rotatable bonds is 6. The number of aromatic carboxylic acids is 1. The van der Waals surface area contributed by atoms with Crippen LogP contribution in [0.5, 0.6) is 11.5 Å². The fourth-order valence-electron chi connectivity index (χ4n) is 3.89. The second-order valence-electron chi connectivity index (χ2n) is 7.20.